The van der Waals surface area contributed by atoms with Gasteiger partial charge in [-0.15, -0.1) is 0 Å². The van der Waals surface area contributed by atoms with E-state index >= 15 is 0 Å². The Hall–Kier alpha value is -1.08. The average Bonchev–Trinajstić information content (AvgIpc) is 2.32. The van der Waals surface area contributed by atoms with Gasteiger partial charge in [-0.1, -0.05) is 17.7 Å². The van der Waals surface area contributed by atoms with E-state index in [1.54, 1.807) is 0 Å². The summed E-state index contributed by atoms with van der Waals surface area (Å²) in [5, 5.41) is 17.4. The first-order valence-corrected chi connectivity index (χ1v) is 4.98. The molecule has 8 heteroatoms. The van der Waals surface area contributed by atoms with Gasteiger partial charge in [0, 0.05) is 11.5 Å². The molecule has 0 radical (unpaired) electrons. The minimum Gasteiger partial charge on any atom is -0.554 e. The number of hydrogen-bond acceptors (Lipinski definition) is 5. The topological polar surface area (TPSA) is 104 Å². The van der Waals surface area contributed by atoms with Crippen LogP contribution in [0, 0.1) is 0 Å². The van der Waals surface area contributed by atoms with Crippen molar-refractivity contribution in [3.8, 4) is 0 Å². The molecule has 1 N–H and O–H groups in total. The standard InChI is InChI=1S/C10H9ClO4.CH2O2.Na/c1-15-9(12)4-6-2-3-7(11)5-8(6)10(13)14;2-1-3;/h2-3,5H,4H2,1H3,(H,13,14);1H,(H,2,3);/q;;+1/p-1. The van der Waals surface area contributed by atoms with Gasteiger partial charge in [-0.05, 0) is 17.7 Å². The maximum Gasteiger partial charge on any atom is 1.00 e. The third-order valence-corrected chi connectivity index (χ3v) is 2.10. The van der Waals surface area contributed by atoms with Crippen molar-refractivity contribution in [3.05, 3.63) is 34.3 Å². The molecular formula is C11H10ClNaO6. The first-order chi connectivity index (χ1) is 8.46. The molecule has 0 heterocycles. The van der Waals surface area contributed by atoms with Crippen molar-refractivity contribution < 1.29 is 58.9 Å². The van der Waals surface area contributed by atoms with Crippen LogP contribution in [0.25, 0.3) is 0 Å². The number of carboxylic acid groups (broad SMARTS) is 2. The second kappa shape index (κ2) is 10.8. The number of esters is 1. The summed E-state index contributed by atoms with van der Waals surface area (Å²) in [5.74, 6) is -1.60. The zero-order chi connectivity index (χ0) is 14.1. The van der Waals surface area contributed by atoms with Gasteiger partial charge >= 0.3 is 41.5 Å². The molecule has 0 fully saturated rings. The fourth-order valence-corrected chi connectivity index (χ4v) is 1.30. The van der Waals surface area contributed by atoms with E-state index in [0.717, 1.165) is 0 Å². The number of methoxy groups -OCH3 is 1. The van der Waals surface area contributed by atoms with Crippen LogP contribution in [0.2, 0.25) is 5.02 Å². The third kappa shape index (κ3) is 7.84. The van der Waals surface area contributed by atoms with Crippen LogP contribution in [0.3, 0.4) is 0 Å². The van der Waals surface area contributed by atoms with Gasteiger partial charge in [0.2, 0.25) is 0 Å². The van der Waals surface area contributed by atoms with E-state index in [-0.39, 0.29) is 41.5 Å². The van der Waals surface area contributed by atoms with Crippen LogP contribution < -0.4 is 34.7 Å². The summed E-state index contributed by atoms with van der Waals surface area (Å²) in [5.41, 5.74) is 0.409. The van der Waals surface area contributed by atoms with Crippen LogP contribution in [-0.4, -0.2) is 30.6 Å². The molecule has 0 amide bonds. The minimum absolute atomic E-state index is 0. The molecule has 0 spiro atoms. The van der Waals surface area contributed by atoms with Crippen molar-refractivity contribution in [2.45, 2.75) is 6.42 Å². The van der Waals surface area contributed by atoms with Gasteiger partial charge in [0.05, 0.1) is 19.1 Å². The number of benzene rings is 1. The third-order valence-electron chi connectivity index (χ3n) is 1.86. The van der Waals surface area contributed by atoms with Gasteiger partial charge in [0.15, 0.2) is 0 Å². The number of carbonyl (C=O) groups excluding carboxylic acids is 2. The Morgan fingerprint density at radius 1 is 1.47 bits per heavy atom. The molecule has 19 heavy (non-hydrogen) atoms. The summed E-state index contributed by atoms with van der Waals surface area (Å²) in [6, 6.07) is 4.34. The number of carboxylic acids is 1. The van der Waals surface area contributed by atoms with Crippen LogP contribution in [-0.2, 0) is 20.7 Å². The fraction of sp³-hybridized carbons (Fsp3) is 0.182. The predicted molar refractivity (Wildman–Crippen MR) is 60.2 cm³/mol. The molecule has 0 saturated carbocycles. The number of hydrogen-bond donors (Lipinski definition) is 1. The monoisotopic (exact) mass is 296 g/mol. The van der Waals surface area contributed by atoms with Crippen LogP contribution in [0.4, 0.5) is 0 Å². The zero-order valence-corrected chi connectivity index (χ0v) is 13.1. The van der Waals surface area contributed by atoms with Crippen LogP contribution in [0.1, 0.15) is 15.9 Å². The van der Waals surface area contributed by atoms with Gasteiger partial charge in [-0.3, -0.25) is 4.79 Å². The van der Waals surface area contributed by atoms with E-state index in [2.05, 4.69) is 4.74 Å². The van der Waals surface area contributed by atoms with E-state index < -0.39 is 18.4 Å². The number of ether oxygens (including phenoxy) is 1. The molecule has 0 bridgehead atoms. The predicted octanol–water partition coefficient (Wildman–Crippen LogP) is -2.88. The molecule has 0 aliphatic rings. The normalized spacial score (nSPS) is 8.32. The number of carbonyl (C=O) groups is 3. The van der Waals surface area contributed by atoms with Crippen molar-refractivity contribution in [1.82, 2.24) is 0 Å². The number of aromatic carboxylic acids is 1. The largest absolute Gasteiger partial charge is 1.00 e. The number of rotatable bonds is 3. The molecule has 1 aromatic carbocycles. The Bertz CT molecular complexity index is 449. The van der Waals surface area contributed by atoms with Crippen molar-refractivity contribution in [2.75, 3.05) is 7.11 Å². The van der Waals surface area contributed by atoms with E-state index in [9.17, 15) is 9.59 Å². The summed E-state index contributed by atoms with van der Waals surface area (Å²) in [7, 11) is 1.25. The molecule has 0 aliphatic heterocycles. The molecule has 0 atom stereocenters. The Balaban J connectivity index is 0. The van der Waals surface area contributed by atoms with Gasteiger partial charge in [0.1, 0.15) is 0 Å². The fourth-order valence-electron chi connectivity index (χ4n) is 1.13. The van der Waals surface area contributed by atoms with E-state index in [1.165, 1.54) is 25.3 Å². The SMILES string of the molecule is COC(=O)Cc1ccc(Cl)cc1C(=O)O.O=C[O-].[Na+]. The van der Waals surface area contributed by atoms with Gasteiger partial charge in [-0.2, -0.15) is 0 Å². The van der Waals surface area contributed by atoms with Crippen LogP contribution >= 0.6 is 11.6 Å². The van der Waals surface area contributed by atoms with Crippen LogP contribution in [0.5, 0.6) is 0 Å². The van der Waals surface area contributed by atoms with Gasteiger partial charge < -0.3 is 19.7 Å². The Kier molecular flexibility index (Phi) is 11.5. The van der Waals surface area contributed by atoms with Crippen molar-refractivity contribution in [2.24, 2.45) is 0 Å². The Morgan fingerprint density at radius 2 is 2.00 bits per heavy atom. The van der Waals surface area contributed by atoms with Crippen molar-refractivity contribution in [3.63, 3.8) is 0 Å². The van der Waals surface area contributed by atoms with E-state index in [0.29, 0.717) is 10.6 Å². The quantitative estimate of drug-likeness (QED) is 0.365. The minimum atomic E-state index is -1.11. The second-order valence-electron chi connectivity index (χ2n) is 2.96. The molecule has 0 aromatic heterocycles. The maximum atomic E-state index is 11.0. The van der Waals surface area contributed by atoms with Gasteiger partial charge in [-0.25, -0.2) is 4.79 Å². The summed E-state index contributed by atoms with van der Waals surface area (Å²) in [6.45, 7) is -0.500. The molecular weight excluding hydrogens is 287 g/mol. The van der Waals surface area contributed by atoms with Crippen molar-refractivity contribution >= 4 is 30.0 Å². The van der Waals surface area contributed by atoms with Crippen molar-refractivity contribution in [1.29, 1.82) is 0 Å². The summed E-state index contributed by atoms with van der Waals surface area (Å²) < 4.78 is 4.45. The molecule has 6 nitrogen and oxygen atoms in total. The smallest absolute Gasteiger partial charge is 0.554 e. The van der Waals surface area contributed by atoms with Crippen LogP contribution in [0.15, 0.2) is 18.2 Å². The molecule has 1 aromatic rings. The Morgan fingerprint density at radius 3 is 2.42 bits per heavy atom. The second-order valence-corrected chi connectivity index (χ2v) is 3.39. The van der Waals surface area contributed by atoms with E-state index in [4.69, 9.17) is 26.6 Å². The molecule has 0 saturated heterocycles. The average molecular weight is 297 g/mol. The summed E-state index contributed by atoms with van der Waals surface area (Å²) in [6.07, 6.45) is -0.0741. The maximum absolute atomic E-state index is 11.0. The molecule has 0 unspecified atom stereocenters. The molecule has 0 aliphatic carbocycles. The summed E-state index contributed by atoms with van der Waals surface area (Å²) in [4.78, 5) is 30.1. The first-order valence-electron chi connectivity index (χ1n) is 4.60. The first kappa shape index (κ1) is 20.2. The Labute approximate surface area is 136 Å². The molecule has 1 rings (SSSR count). The van der Waals surface area contributed by atoms with E-state index in [1.807, 2.05) is 0 Å². The molecule has 98 valence electrons. The summed E-state index contributed by atoms with van der Waals surface area (Å²) >= 11 is 5.65. The zero-order valence-electron chi connectivity index (χ0n) is 10.4. The van der Waals surface area contributed by atoms with Gasteiger partial charge in [0.25, 0.3) is 0 Å². The number of halogens is 1.